The van der Waals surface area contributed by atoms with Crippen molar-refractivity contribution in [2.24, 2.45) is 5.92 Å². The summed E-state index contributed by atoms with van der Waals surface area (Å²) in [6.07, 6.45) is 2.17. The van der Waals surface area contributed by atoms with Crippen molar-refractivity contribution in [1.82, 2.24) is 14.9 Å². The summed E-state index contributed by atoms with van der Waals surface area (Å²) < 4.78 is 9.06. The van der Waals surface area contributed by atoms with E-state index in [2.05, 4.69) is 28.8 Å². The lowest BCUT2D eigenvalue weighted by Gasteiger charge is -2.23. The van der Waals surface area contributed by atoms with Crippen LogP contribution in [0.5, 0.6) is 0 Å². The molecule has 1 heterocycles. The van der Waals surface area contributed by atoms with E-state index in [-0.39, 0.29) is 0 Å². The molecule has 1 aromatic heterocycles. The monoisotopic (exact) mass is 243 g/mol. The van der Waals surface area contributed by atoms with Gasteiger partial charge in [-0.2, -0.15) is 0 Å². The number of rotatable bonds is 8. The van der Waals surface area contributed by atoms with E-state index in [1.54, 1.807) is 7.11 Å². The van der Waals surface area contributed by atoms with Crippen LogP contribution in [0.4, 0.5) is 0 Å². The van der Waals surface area contributed by atoms with Crippen LogP contribution in [0, 0.1) is 5.92 Å². The van der Waals surface area contributed by atoms with E-state index >= 15 is 0 Å². The minimum absolute atomic E-state index is 0.300. The molecule has 1 rings (SSSR count). The lowest BCUT2D eigenvalue weighted by molar-refractivity contribution is 0.169. The van der Waals surface area contributed by atoms with Gasteiger partial charge >= 0.3 is 0 Å². The first kappa shape index (κ1) is 13.5. The van der Waals surface area contributed by atoms with Gasteiger partial charge in [-0.25, -0.2) is 0 Å². The Balaban J connectivity index is 2.56. The molecule has 0 saturated heterocycles. The number of nitrogens with one attached hydrogen (secondary N) is 1. The maximum Gasteiger partial charge on any atom is 0.0927 e. The molecule has 2 atom stereocenters. The summed E-state index contributed by atoms with van der Waals surface area (Å²) in [6.45, 7) is 6.21. The van der Waals surface area contributed by atoms with Crippen molar-refractivity contribution in [3.8, 4) is 0 Å². The van der Waals surface area contributed by atoms with Crippen molar-refractivity contribution in [3.05, 3.63) is 11.1 Å². The maximum atomic E-state index is 5.12. The number of hydrogen-bond acceptors (Lipinski definition) is 5. The topological polar surface area (TPSA) is 47.0 Å². The lowest BCUT2D eigenvalue weighted by Crippen LogP contribution is -2.28. The molecule has 0 radical (unpaired) electrons. The predicted octanol–water partition coefficient (Wildman–Crippen LogP) is 2.25. The van der Waals surface area contributed by atoms with Crippen LogP contribution in [0.2, 0.25) is 0 Å². The zero-order valence-electron chi connectivity index (χ0n) is 10.3. The van der Waals surface area contributed by atoms with Crippen LogP contribution in [-0.2, 0) is 4.74 Å². The van der Waals surface area contributed by atoms with E-state index in [1.165, 1.54) is 11.5 Å². The van der Waals surface area contributed by atoms with Crippen LogP contribution in [0.1, 0.15) is 38.4 Å². The molecule has 0 fully saturated rings. The van der Waals surface area contributed by atoms with Gasteiger partial charge in [0.15, 0.2) is 0 Å². The van der Waals surface area contributed by atoms with Gasteiger partial charge in [0.25, 0.3) is 0 Å². The molecule has 0 saturated carbocycles. The summed E-state index contributed by atoms with van der Waals surface area (Å²) in [5.74, 6) is 0.510. The molecule has 0 aliphatic rings. The van der Waals surface area contributed by atoms with E-state index in [9.17, 15) is 0 Å². The van der Waals surface area contributed by atoms with Crippen molar-refractivity contribution in [2.75, 3.05) is 20.3 Å². The summed E-state index contributed by atoms with van der Waals surface area (Å²) in [7, 11) is 1.74. The van der Waals surface area contributed by atoms with Crippen LogP contribution in [0.3, 0.4) is 0 Å². The van der Waals surface area contributed by atoms with E-state index in [0.29, 0.717) is 12.0 Å². The fourth-order valence-corrected chi connectivity index (χ4v) is 2.17. The van der Waals surface area contributed by atoms with Gasteiger partial charge in [-0.15, -0.1) is 5.10 Å². The van der Waals surface area contributed by atoms with Gasteiger partial charge in [-0.3, -0.25) is 0 Å². The number of hydrogen-bond donors (Lipinski definition) is 1. The maximum absolute atomic E-state index is 5.12. The highest BCUT2D eigenvalue weighted by molar-refractivity contribution is 7.03. The van der Waals surface area contributed by atoms with Gasteiger partial charge in [-0.05, 0) is 36.8 Å². The normalized spacial score (nSPS) is 14.9. The highest BCUT2D eigenvalue weighted by Gasteiger charge is 2.20. The molecule has 2 unspecified atom stereocenters. The first-order valence-electron chi connectivity index (χ1n) is 5.78. The number of aromatic nitrogens is 2. The molecule has 0 amide bonds. The number of methoxy groups -OCH3 is 1. The molecular formula is C11H21N3OS. The number of nitrogens with zero attached hydrogens (tertiary/aromatic N) is 2. The highest BCUT2D eigenvalue weighted by atomic mass is 32.1. The van der Waals surface area contributed by atoms with Gasteiger partial charge in [0.2, 0.25) is 0 Å². The summed E-state index contributed by atoms with van der Waals surface area (Å²) in [6, 6.07) is 0.300. The molecule has 16 heavy (non-hydrogen) atoms. The minimum atomic E-state index is 0.300. The minimum Gasteiger partial charge on any atom is -0.385 e. The zero-order chi connectivity index (χ0) is 11.8. The molecule has 1 N–H and O–H groups in total. The lowest BCUT2D eigenvalue weighted by atomic mass is 9.96. The van der Waals surface area contributed by atoms with Crippen LogP contribution < -0.4 is 5.32 Å². The van der Waals surface area contributed by atoms with Crippen LogP contribution in [-0.4, -0.2) is 29.8 Å². The van der Waals surface area contributed by atoms with Crippen LogP contribution in [0.15, 0.2) is 5.38 Å². The van der Waals surface area contributed by atoms with Gasteiger partial charge in [0, 0.05) is 19.1 Å². The van der Waals surface area contributed by atoms with E-state index in [4.69, 9.17) is 4.74 Å². The van der Waals surface area contributed by atoms with E-state index in [0.717, 1.165) is 31.7 Å². The Morgan fingerprint density at radius 2 is 2.38 bits per heavy atom. The van der Waals surface area contributed by atoms with Crippen LogP contribution in [0.25, 0.3) is 0 Å². The van der Waals surface area contributed by atoms with Crippen molar-refractivity contribution in [2.45, 2.75) is 32.7 Å². The Morgan fingerprint density at radius 1 is 1.56 bits per heavy atom. The third kappa shape index (κ3) is 4.15. The largest absolute Gasteiger partial charge is 0.385 e. The predicted molar refractivity (Wildman–Crippen MR) is 66.6 cm³/mol. The summed E-state index contributed by atoms with van der Waals surface area (Å²) in [5, 5.41) is 9.72. The first-order chi connectivity index (χ1) is 7.79. The summed E-state index contributed by atoms with van der Waals surface area (Å²) >= 11 is 1.41. The van der Waals surface area contributed by atoms with Gasteiger partial charge in [-0.1, -0.05) is 18.3 Å². The molecule has 4 nitrogen and oxygen atoms in total. The van der Waals surface area contributed by atoms with Crippen molar-refractivity contribution >= 4 is 11.5 Å². The molecule has 92 valence electrons. The van der Waals surface area contributed by atoms with Gasteiger partial charge < -0.3 is 10.1 Å². The molecule has 5 heteroatoms. The van der Waals surface area contributed by atoms with Gasteiger partial charge in [0.1, 0.15) is 0 Å². The van der Waals surface area contributed by atoms with Crippen molar-refractivity contribution < 1.29 is 4.74 Å². The average molecular weight is 243 g/mol. The Bertz CT molecular complexity index is 266. The first-order valence-corrected chi connectivity index (χ1v) is 6.62. The Labute approximate surface area is 102 Å². The van der Waals surface area contributed by atoms with Crippen molar-refractivity contribution in [1.29, 1.82) is 0 Å². The third-order valence-corrected chi connectivity index (χ3v) is 3.18. The molecule has 0 bridgehead atoms. The molecule has 1 aromatic rings. The second-order valence-corrected chi connectivity index (χ2v) is 4.63. The Kier molecular flexibility index (Phi) is 6.52. The quantitative estimate of drug-likeness (QED) is 0.760. The third-order valence-electron chi connectivity index (χ3n) is 2.66. The van der Waals surface area contributed by atoms with Crippen LogP contribution >= 0.6 is 11.5 Å². The SMILES string of the molecule is CCCNC(c1csnn1)C(C)CCOC. The summed E-state index contributed by atoms with van der Waals surface area (Å²) in [4.78, 5) is 0. The molecular weight excluding hydrogens is 222 g/mol. The van der Waals surface area contributed by atoms with E-state index < -0.39 is 0 Å². The Hall–Kier alpha value is -0.520. The molecule has 0 aliphatic heterocycles. The van der Waals surface area contributed by atoms with E-state index in [1.807, 2.05) is 5.38 Å². The second-order valence-electron chi connectivity index (χ2n) is 4.02. The summed E-state index contributed by atoms with van der Waals surface area (Å²) in [5.41, 5.74) is 1.06. The van der Waals surface area contributed by atoms with Crippen molar-refractivity contribution in [3.63, 3.8) is 0 Å². The Morgan fingerprint density at radius 3 is 2.94 bits per heavy atom. The fourth-order valence-electron chi connectivity index (χ4n) is 1.67. The molecule has 0 aromatic carbocycles. The molecule has 0 aliphatic carbocycles. The van der Waals surface area contributed by atoms with Gasteiger partial charge in [0.05, 0.1) is 11.7 Å². The number of ether oxygens (including phenoxy) is 1. The zero-order valence-corrected chi connectivity index (χ0v) is 11.1. The average Bonchev–Trinajstić information content (AvgIpc) is 2.80. The highest BCUT2D eigenvalue weighted by Crippen LogP contribution is 2.23. The second kappa shape index (κ2) is 7.70. The smallest absolute Gasteiger partial charge is 0.0927 e. The standard InChI is InChI=1S/C11H21N3OS/c1-4-6-12-11(9(2)5-7-15-3)10-8-16-14-13-10/h8-9,11-12H,4-7H2,1-3H3. The fraction of sp³-hybridized carbons (Fsp3) is 0.818. The molecule has 0 spiro atoms.